The summed E-state index contributed by atoms with van der Waals surface area (Å²) in [6, 6.07) is 12.2. The van der Waals surface area contributed by atoms with Gasteiger partial charge in [-0.1, -0.05) is 18.2 Å². The summed E-state index contributed by atoms with van der Waals surface area (Å²) in [5.74, 6) is 0.125. The number of amides is 1. The molecule has 146 valence electrons. The summed E-state index contributed by atoms with van der Waals surface area (Å²) in [7, 11) is 0. The summed E-state index contributed by atoms with van der Waals surface area (Å²) in [5.41, 5.74) is 2.66. The Morgan fingerprint density at radius 2 is 1.93 bits per heavy atom. The zero-order valence-electron chi connectivity index (χ0n) is 15.8. The minimum absolute atomic E-state index is 0.216. The molecule has 0 saturated heterocycles. The maximum Gasteiger partial charge on any atom is 0.251 e. The third kappa shape index (κ3) is 4.21. The van der Waals surface area contributed by atoms with Crippen LogP contribution in [-0.4, -0.2) is 30.2 Å². The highest BCUT2D eigenvalue weighted by molar-refractivity contribution is 5.94. The van der Waals surface area contributed by atoms with E-state index in [-0.39, 0.29) is 18.3 Å². The summed E-state index contributed by atoms with van der Waals surface area (Å²) >= 11 is 0. The smallest absolute Gasteiger partial charge is 0.251 e. The van der Waals surface area contributed by atoms with Gasteiger partial charge in [0.25, 0.3) is 5.91 Å². The number of aromatic nitrogens is 5. The number of imidazole rings is 1. The van der Waals surface area contributed by atoms with Crippen LogP contribution in [0.1, 0.15) is 27.3 Å². The van der Waals surface area contributed by atoms with Crippen LogP contribution in [0, 0.1) is 12.7 Å². The van der Waals surface area contributed by atoms with Gasteiger partial charge in [-0.2, -0.15) is 5.10 Å². The number of aryl methyl sites for hydroxylation is 1. The Morgan fingerprint density at radius 1 is 1.14 bits per heavy atom. The number of hydrogen-bond donors (Lipinski definition) is 1. The molecule has 2 heterocycles. The molecule has 0 aliphatic carbocycles. The Morgan fingerprint density at radius 3 is 2.59 bits per heavy atom. The molecule has 7 nitrogen and oxygen atoms in total. The van der Waals surface area contributed by atoms with Crippen LogP contribution in [0.4, 0.5) is 4.39 Å². The number of benzene rings is 2. The Balaban J connectivity index is 1.38. The van der Waals surface area contributed by atoms with Crippen molar-refractivity contribution in [1.82, 2.24) is 29.6 Å². The van der Waals surface area contributed by atoms with Gasteiger partial charge in [-0.3, -0.25) is 4.79 Å². The van der Waals surface area contributed by atoms with Crippen molar-refractivity contribution in [2.45, 2.75) is 20.0 Å². The van der Waals surface area contributed by atoms with E-state index in [2.05, 4.69) is 20.4 Å². The summed E-state index contributed by atoms with van der Waals surface area (Å²) in [6.45, 7) is 2.63. The lowest BCUT2D eigenvalue weighted by atomic mass is 10.1. The van der Waals surface area contributed by atoms with E-state index in [4.69, 9.17) is 0 Å². The van der Waals surface area contributed by atoms with E-state index in [0.717, 1.165) is 5.56 Å². The van der Waals surface area contributed by atoms with Gasteiger partial charge in [-0.05, 0) is 42.3 Å². The quantitative estimate of drug-likeness (QED) is 0.549. The molecule has 0 saturated carbocycles. The molecule has 0 bridgehead atoms. The maximum absolute atomic E-state index is 14.5. The number of carbonyl (C=O) groups excluding carboxylic acids is 1. The molecule has 0 aliphatic rings. The predicted molar refractivity (Wildman–Crippen MR) is 105 cm³/mol. The van der Waals surface area contributed by atoms with Crippen LogP contribution in [0.2, 0.25) is 0 Å². The predicted octanol–water partition coefficient (Wildman–Crippen LogP) is 2.89. The Kier molecular flexibility index (Phi) is 5.15. The molecule has 1 N–H and O–H groups in total. The van der Waals surface area contributed by atoms with Crippen molar-refractivity contribution < 1.29 is 9.18 Å². The zero-order chi connectivity index (χ0) is 20.2. The maximum atomic E-state index is 14.5. The Hall–Kier alpha value is -3.81. The van der Waals surface area contributed by atoms with Crippen molar-refractivity contribution in [3.63, 3.8) is 0 Å². The molecular formula is C21H19FN6O. The van der Waals surface area contributed by atoms with Gasteiger partial charge < -0.3 is 9.88 Å². The zero-order valence-corrected chi connectivity index (χ0v) is 15.8. The van der Waals surface area contributed by atoms with Crippen LogP contribution in [0.15, 0.2) is 67.5 Å². The minimum atomic E-state index is -0.365. The largest absolute Gasteiger partial charge is 0.348 e. The molecule has 0 radical (unpaired) electrons. The van der Waals surface area contributed by atoms with Gasteiger partial charge in [0, 0.05) is 24.5 Å². The molecule has 29 heavy (non-hydrogen) atoms. The number of hydrogen-bond acceptors (Lipinski definition) is 4. The fourth-order valence-electron chi connectivity index (χ4n) is 3.04. The highest BCUT2D eigenvalue weighted by Crippen LogP contribution is 2.17. The first-order chi connectivity index (χ1) is 14.1. The van der Waals surface area contributed by atoms with Crippen LogP contribution < -0.4 is 5.32 Å². The van der Waals surface area contributed by atoms with Gasteiger partial charge in [-0.15, -0.1) is 0 Å². The van der Waals surface area contributed by atoms with Crippen molar-refractivity contribution in [3.8, 4) is 5.69 Å². The second kappa shape index (κ2) is 8.05. The first kappa shape index (κ1) is 18.5. The van der Waals surface area contributed by atoms with E-state index in [9.17, 15) is 9.18 Å². The van der Waals surface area contributed by atoms with E-state index >= 15 is 0 Å². The molecule has 4 aromatic rings. The van der Waals surface area contributed by atoms with Gasteiger partial charge in [0.2, 0.25) is 0 Å². The number of nitrogens with zero attached hydrogens (tertiary/aromatic N) is 5. The van der Waals surface area contributed by atoms with E-state index < -0.39 is 0 Å². The van der Waals surface area contributed by atoms with E-state index in [1.54, 1.807) is 52.2 Å². The molecule has 0 spiro atoms. The van der Waals surface area contributed by atoms with Crippen molar-refractivity contribution in [2.24, 2.45) is 0 Å². The molecule has 0 atom stereocenters. The third-order valence-electron chi connectivity index (χ3n) is 4.58. The molecule has 2 aromatic carbocycles. The Bertz CT molecular complexity index is 1120. The summed E-state index contributed by atoms with van der Waals surface area (Å²) < 4.78 is 17.9. The summed E-state index contributed by atoms with van der Waals surface area (Å²) in [4.78, 5) is 20.4. The normalized spacial score (nSPS) is 10.8. The fourth-order valence-corrected chi connectivity index (χ4v) is 3.04. The van der Waals surface area contributed by atoms with Crippen molar-refractivity contribution in [3.05, 3.63) is 95.8 Å². The molecule has 4 rings (SSSR count). The molecule has 0 aliphatic heterocycles. The van der Waals surface area contributed by atoms with Crippen LogP contribution in [-0.2, 0) is 13.1 Å². The van der Waals surface area contributed by atoms with Crippen LogP contribution >= 0.6 is 0 Å². The van der Waals surface area contributed by atoms with Gasteiger partial charge in [-0.25, -0.2) is 19.0 Å². The molecule has 0 unspecified atom stereocenters. The number of halogens is 1. The summed E-state index contributed by atoms with van der Waals surface area (Å²) in [5, 5.41) is 6.88. The Labute approximate surface area is 166 Å². The lowest BCUT2D eigenvalue weighted by Gasteiger charge is -2.10. The standard InChI is InChI=1S/C21H19FN6O/c1-15-24-8-9-28(15)20-7-4-17(10-19(20)22)11-25-21(29)18-5-2-16(3-6-18)12-27-14-23-13-26-27/h2-10,13-14H,11-12H2,1H3,(H,25,29). The number of nitrogens with one attached hydrogen (secondary N) is 1. The first-order valence-corrected chi connectivity index (χ1v) is 9.08. The monoisotopic (exact) mass is 390 g/mol. The van der Waals surface area contributed by atoms with E-state index in [1.165, 1.54) is 12.4 Å². The number of carbonyl (C=O) groups is 1. The second-order valence-corrected chi connectivity index (χ2v) is 6.60. The SMILES string of the molecule is Cc1nccn1-c1ccc(CNC(=O)c2ccc(Cn3cncn3)cc2)cc1F. The highest BCUT2D eigenvalue weighted by Gasteiger charge is 2.10. The van der Waals surface area contributed by atoms with Crippen LogP contribution in [0.5, 0.6) is 0 Å². The molecule has 0 fully saturated rings. The van der Waals surface area contributed by atoms with Gasteiger partial charge in [0.1, 0.15) is 24.3 Å². The topological polar surface area (TPSA) is 77.6 Å². The van der Waals surface area contributed by atoms with Gasteiger partial charge >= 0.3 is 0 Å². The van der Waals surface area contributed by atoms with Crippen molar-refractivity contribution in [1.29, 1.82) is 0 Å². The number of rotatable bonds is 6. The first-order valence-electron chi connectivity index (χ1n) is 9.08. The molecule has 8 heteroatoms. The van der Waals surface area contributed by atoms with Crippen molar-refractivity contribution >= 4 is 5.91 Å². The van der Waals surface area contributed by atoms with Gasteiger partial charge in [0.15, 0.2) is 0 Å². The van der Waals surface area contributed by atoms with E-state index in [0.29, 0.717) is 29.2 Å². The van der Waals surface area contributed by atoms with Crippen molar-refractivity contribution in [2.75, 3.05) is 0 Å². The lowest BCUT2D eigenvalue weighted by Crippen LogP contribution is -2.22. The average molecular weight is 390 g/mol. The fraction of sp³-hybridized carbons (Fsp3) is 0.143. The molecule has 2 aromatic heterocycles. The summed E-state index contributed by atoms with van der Waals surface area (Å²) in [6.07, 6.45) is 6.45. The minimum Gasteiger partial charge on any atom is -0.348 e. The van der Waals surface area contributed by atoms with Crippen LogP contribution in [0.3, 0.4) is 0 Å². The highest BCUT2D eigenvalue weighted by atomic mass is 19.1. The van der Waals surface area contributed by atoms with Crippen LogP contribution in [0.25, 0.3) is 5.69 Å². The lowest BCUT2D eigenvalue weighted by molar-refractivity contribution is 0.0951. The van der Waals surface area contributed by atoms with Gasteiger partial charge in [0.05, 0.1) is 12.2 Å². The second-order valence-electron chi connectivity index (χ2n) is 6.60. The molecule has 1 amide bonds. The third-order valence-corrected chi connectivity index (χ3v) is 4.58. The van der Waals surface area contributed by atoms with E-state index in [1.807, 2.05) is 19.1 Å². The average Bonchev–Trinajstić information content (AvgIpc) is 3.38. The molecular weight excluding hydrogens is 371 g/mol.